The van der Waals surface area contributed by atoms with Crippen molar-refractivity contribution in [3.8, 4) is 0 Å². The maximum Gasteiger partial charge on any atom is 0.307 e. The molecule has 0 radical (unpaired) electrons. The number of carboxylic acid groups (broad SMARTS) is 1. The van der Waals surface area contributed by atoms with Crippen LogP contribution in [0.5, 0.6) is 0 Å². The first-order valence-electron chi connectivity index (χ1n) is 7.98. The van der Waals surface area contributed by atoms with Gasteiger partial charge in [-0.3, -0.25) is 9.48 Å². The third-order valence-electron chi connectivity index (χ3n) is 4.37. The third-order valence-corrected chi connectivity index (χ3v) is 4.37. The largest absolute Gasteiger partial charge is 0.481 e. The van der Waals surface area contributed by atoms with E-state index in [0.717, 1.165) is 29.8 Å². The molecule has 0 amide bonds. The second-order valence-corrected chi connectivity index (χ2v) is 5.74. The van der Waals surface area contributed by atoms with Crippen LogP contribution in [0.1, 0.15) is 75.4 Å². The summed E-state index contributed by atoms with van der Waals surface area (Å²) in [5.41, 5.74) is 3.09. The van der Waals surface area contributed by atoms with Crippen LogP contribution in [0, 0.1) is 0 Å². The molecule has 4 heteroatoms. The molecule has 1 N–H and O–H groups in total. The van der Waals surface area contributed by atoms with Gasteiger partial charge in [0.15, 0.2) is 0 Å². The number of nitrogens with zero attached hydrogens (tertiary/aromatic N) is 2. The fourth-order valence-electron chi connectivity index (χ4n) is 3.37. The summed E-state index contributed by atoms with van der Waals surface area (Å²) in [7, 11) is 0. The van der Waals surface area contributed by atoms with E-state index in [-0.39, 0.29) is 6.42 Å². The van der Waals surface area contributed by atoms with E-state index >= 15 is 0 Å². The quantitative estimate of drug-likeness (QED) is 0.838. The van der Waals surface area contributed by atoms with Crippen molar-refractivity contribution in [3.05, 3.63) is 17.0 Å². The Morgan fingerprint density at radius 1 is 1.20 bits per heavy atom. The zero-order valence-corrected chi connectivity index (χ0v) is 12.7. The lowest BCUT2D eigenvalue weighted by Gasteiger charge is -2.18. The molecule has 0 spiro atoms. The van der Waals surface area contributed by atoms with Crippen molar-refractivity contribution in [2.45, 2.75) is 77.7 Å². The highest BCUT2D eigenvalue weighted by Crippen LogP contribution is 2.30. The van der Waals surface area contributed by atoms with Crippen LogP contribution in [0.3, 0.4) is 0 Å². The average Bonchev–Trinajstić information content (AvgIpc) is 2.62. The molecule has 1 aromatic rings. The minimum absolute atomic E-state index is 0.110. The predicted octanol–water partition coefficient (Wildman–Crippen LogP) is 3.53. The Hall–Kier alpha value is -1.32. The number of carboxylic acids is 1. The van der Waals surface area contributed by atoms with Gasteiger partial charge in [0.2, 0.25) is 0 Å². The molecule has 1 heterocycles. The normalized spacial score (nSPS) is 17.1. The van der Waals surface area contributed by atoms with Crippen molar-refractivity contribution in [1.82, 2.24) is 9.78 Å². The molecule has 112 valence electrons. The Labute approximate surface area is 121 Å². The smallest absolute Gasteiger partial charge is 0.307 e. The molecule has 1 aliphatic rings. The zero-order chi connectivity index (χ0) is 14.5. The maximum atomic E-state index is 11.1. The molecule has 0 unspecified atom stereocenters. The zero-order valence-electron chi connectivity index (χ0n) is 12.7. The van der Waals surface area contributed by atoms with Gasteiger partial charge in [-0.15, -0.1) is 0 Å². The van der Waals surface area contributed by atoms with Gasteiger partial charge in [0, 0.05) is 11.3 Å². The van der Waals surface area contributed by atoms with Crippen molar-refractivity contribution >= 4 is 5.97 Å². The molecule has 1 aromatic heterocycles. The fraction of sp³-hybridized carbons (Fsp3) is 0.750. The van der Waals surface area contributed by atoms with Crippen LogP contribution in [-0.2, 0) is 24.1 Å². The summed E-state index contributed by atoms with van der Waals surface area (Å²) in [6.45, 7) is 4.17. The molecule has 0 atom stereocenters. The van der Waals surface area contributed by atoms with Crippen LogP contribution in [0.2, 0.25) is 0 Å². The summed E-state index contributed by atoms with van der Waals surface area (Å²) >= 11 is 0. The second-order valence-electron chi connectivity index (χ2n) is 5.74. The van der Waals surface area contributed by atoms with E-state index in [1.54, 1.807) is 0 Å². The van der Waals surface area contributed by atoms with Gasteiger partial charge < -0.3 is 5.11 Å². The van der Waals surface area contributed by atoms with Crippen LogP contribution >= 0.6 is 0 Å². The van der Waals surface area contributed by atoms with E-state index in [1.165, 1.54) is 38.5 Å². The number of hydrogen-bond acceptors (Lipinski definition) is 2. The SMILES string of the molecule is CCc1nn(C2CCCCCC2)c(CC)c1CC(=O)O. The summed E-state index contributed by atoms with van der Waals surface area (Å²) in [6.07, 6.45) is 9.34. The monoisotopic (exact) mass is 278 g/mol. The Balaban J connectivity index is 2.36. The molecule has 4 nitrogen and oxygen atoms in total. The number of aromatic nitrogens is 2. The van der Waals surface area contributed by atoms with Gasteiger partial charge in [0.05, 0.1) is 18.2 Å². The van der Waals surface area contributed by atoms with E-state index < -0.39 is 5.97 Å². The maximum absolute atomic E-state index is 11.1. The Morgan fingerprint density at radius 2 is 1.85 bits per heavy atom. The van der Waals surface area contributed by atoms with Gasteiger partial charge in [-0.25, -0.2) is 0 Å². The fourth-order valence-corrected chi connectivity index (χ4v) is 3.37. The molecule has 0 saturated heterocycles. The van der Waals surface area contributed by atoms with Gasteiger partial charge in [0.25, 0.3) is 0 Å². The van der Waals surface area contributed by atoms with Gasteiger partial charge in [0.1, 0.15) is 0 Å². The summed E-state index contributed by atoms with van der Waals surface area (Å²) < 4.78 is 2.17. The lowest BCUT2D eigenvalue weighted by Crippen LogP contribution is -2.14. The molecule has 1 fully saturated rings. The first-order valence-corrected chi connectivity index (χ1v) is 7.98. The van der Waals surface area contributed by atoms with Crippen LogP contribution in [-0.4, -0.2) is 20.9 Å². The lowest BCUT2D eigenvalue weighted by atomic mass is 10.0. The number of aliphatic carboxylic acids is 1. The molecule has 0 aromatic carbocycles. The van der Waals surface area contributed by atoms with Crippen LogP contribution in [0.25, 0.3) is 0 Å². The highest BCUT2D eigenvalue weighted by atomic mass is 16.4. The molecule has 20 heavy (non-hydrogen) atoms. The summed E-state index contributed by atoms with van der Waals surface area (Å²) in [4.78, 5) is 11.1. The molecule has 1 aliphatic carbocycles. The van der Waals surface area contributed by atoms with E-state index in [4.69, 9.17) is 10.2 Å². The molecule has 2 rings (SSSR count). The van der Waals surface area contributed by atoms with Gasteiger partial charge >= 0.3 is 5.97 Å². The van der Waals surface area contributed by atoms with Crippen LogP contribution in [0.15, 0.2) is 0 Å². The Bertz CT molecular complexity index is 457. The summed E-state index contributed by atoms with van der Waals surface area (Å²) in [5, 5.41) is 13.9. The third kappa shape index (κ3) is 3.22. The lowest BCUT2D eigenvalue weighted by molar-refractivity contribution is -0.136. The Morgan fingerprint density at radius 3 is 2.35 bits per heavy atom. The van der Waals surface area contributed by atoms with E-state index in [0.29, 0.717) is 6.04 Å². The van der Waals surface area contributed by atoms with Crippen molar-refractivity contribution in [2.24, 2.45) is 0 Å². The van der Waals surface area contributed by atoms with Crippen molar-refractivity contribution in [3.63, 3.8) is 0 Å². The Kier molecular flexibility index (Phi) is 5.21. The molecular formula is C16H26N2O2. The number of carbonyl (C=O) groups is 1. The minimum atomic E-state index is -0.755. The number of hydrogen-bond donors (Lipinski definition) is 1. The van der Waals surface area contributed by atoms with Crippen molar-refractivity contribution in [1.29, 1.82) is 0 Å². The van der Waals surface area contributed by atoms with E-state index in [1.807, 2.05) is 0 Å². The van der Waals surface area contributed by atoms with Crippen molar-refractivity contribution in [2.75, 3.05) is 0 Å². The summed E-state index contributed by atoms with van der Waals surface area (Å²) in [6, 6.07) is 0.472. The molecule has 0 aliphatic heterocycles. The van der Waals surface area contributed by atoms with Crippen LogP contribution in [0.4, 0.5) is 0 Å². The van der Waals surface area contributed by atoms with E-state index in [2.05, 4.69) is 18.5 Å². The van der Waals surface area contributed by atoms with E-state index in [9.17, 15) is 4.79 Å². The first kappa shape index (κ1) is 15.1. The van der Waals surface area contributed by atoms with Gasteiger partial charge in [-0.1, -0.05) is 39.5 Å². The highest BCUT2D eigenvalue weighted by Gasteiger charge is 2.23. The molecular weight excluding hydrogens is 252 g/mol. The van der Waals surface area contributed by atoms with Gasteiger partial charge in [-0.05, 0) is 25.7 Å². The number of rotatable bonds is 5. The van der Waals surface area contributed by atoms with Crippen molar-refractivity contribution < 1.29 is 9.90 Å². The highest BCUT2D eigenvalue weighted by molar-refractivity contribution is 5.71. The first-order chi connectivity index (χ1) is 9.67. The summed E-state index contributed by atoms with van der Waals surface area (Å²) in [5.74, 6) is -0.755. The van der Waals surface area contributed by atoms with Gasteiger partial charge in [-0.2, -0.15) is 5.10 Å². The molecule has 0 bridgehead atoms. The standard InChI is InChI=1S/C16H26N2O2/c1-3-14-13(11-16(19)20)15(4-2)18(17-14)12-9-7-5-6-8-10-12/h12H,3-11H2,1-2H3,(H,19,20). The molecule has 1 saturated carbocycles. The minimum Gasteiger partial charge on any atom is -0.481 e. The second kappa shape index (κ2) is 6.91. The predicted molar refractivity (Wildman–Crippen MR) is 79.1 cm³/mol. The number of aryl methyl sites for hydroxylation is 1. The van der Waals surface area contributed by atoms with Crippen LogP contribution < -0.4 is 0 Å². The topological polar surface area (TPSA) is 55.1 Å². The average molecular weight is 278 g/mol.